The Morgan fingerprint density at radius 1 is 0.693 bits per heavy atom. The van der Waals surface area contributed by atoms with Crippen LogP contribution in [-0.2, 0) is 39.8 Å². The van der Waals surface area contributed by atoms with Crippen LogP contribution >= 0.6 is 0 Å². The molecule has 3 heterocycles. The number of carbonyl (C=O) groups excluding carboxylic acids is 2. The van der Waals surface area contributed by atoms with Crippen molar-refractivity contribution in [2.45, 2.75) is 117 Å². The van der Waals surface area contributed by atoms with Gasteiger partial charge in [-0.2, -0.15) is 0 Å². The summed E-state index contributed by atoms with van der Waals surface area (Å²) < 4.78 is 29.6. The van der Waals surface area contributed by atoms with Crippen molar-refractivity contribution < 1.29 is 28.6 Å². The number of urea groups is 2. The second-order valence-electron chi connectivity index (χ2n) is 19.9. The van der Waals surface area contributed by atoms with Gasteiger partial charge < -0.3 is 36.4 Å². The molecule has 1 aliphatic heterocycles. The molecule has 0 bridgehead atoms. The second-order valence-corrected chi connectivity index (χ2v) is 19.9. The fourth-order valence-corrected chi connectivity index (χ4v) is 9.39. The van der Waals surface area contributed by atoms with Crippen LogP contribution in [0.15, 0.2) is 84.9 Å². The normalized spacial score (nSPS) is 16.2. The Morgan fingerprint density at radius 2 is 1.20 bits per heavy atom. The van der Waals surface area contributed by atoms with E-state index in [2.05, 4.69) is 78.0 Å². The van der Waals surface area contributed by atoms with Gasteiger partial charge in [-0.05, 0) is 188 Å². The van der Waals surface area contributed by atoms with Gasteiger partial charge in [-0.15, -0.1) is 10.2 Å². The van der Waals surface area contributed by atoms with Crippen molar-refractivity contribution in [1.82, 2.24) is 60.8 Å². The van der Waals surface area contributed by atoms with E-state index in [1.165, 1.54) is 24.1 Å². The van der Waals surface area contributed by atoms with Gasteiger partial charge in [0.2, 0.25) is 0 Å². The Morgan fingerprint density at radius 3 is 1.68 bits per heavy atom. The number of amides is 4. The van der Waals surface area contributed by atoms with Gasteiger partial charge in [0.25, 0.3) is 0 Å². The first-order valence-corrected chi connectivity index (χ1v) is 26.1. The van der Waals surface area contributed by atoms with Crippen LogP contribution in [-0.4, -0.2) is 136 Å². The molecule has 2 aromatic heterocycles. The molecule has 0 unspecified atom stereocenters. The number of aryl methyl sites for hydroxylation is 4. The van der Waals surface area contributed by atoms with E-state index < -0.39 is 24.3 Å². The second kappa shape index (κ2) is 27.7. The maximum atomic E-state index is 13.2. The number of piperidine rings is 1. The number of benzene rings is 4. The van der Waals surface area contributed by atoms with E-state index in [1.807, 2.05) is 68.1 Å². The number of aromatic nitrogens is 8. The molecule has 1 fully saturated rings. The average molecular weight is 1040 g/mol. The highest BCUT2D eigenvalue weighted by atomic mass is 19.1. The molecular formula is C55H76F2N14O4. The predicted octanol–water partition coefficient (Wildman–Crippen LogP) is 7.44. The lowest BCUT2D eigenvalue weighted by molar-refractivity contribution is 0.0228. The van der Waals surface area contributed by atoms with Crippen molar-refractivity contribution >= 4 is 23.4 Å². The minimum absolute atomic E-state index is 0.00856. The molecular weight excluding hydrogens is 959 g/mol. The van der Waals surface area contributed by atoms with Crippen molar-refractivity contribution in [3.05, 3.63) is 119 Å². The summed E-state index contributed by atoms with van der Waals surface area (Å²) in [6.07, 6.45) is 3.73. The predicted molar refractivity (Wildman–Crippen MR) is 288 cm³/mol. The number of nitrogens with one attached hydrogen (secondary N) is 4. The standard InChI is InChI=1S/C28H38FN7O.C27H38FN7O3/c1-5-21-14-24(27-32-33-34-35(27)4)16-26(15-21)31-28(37)30-20(3)19(2)17-36-12-6-7-23(18-36)13-22-8-10-25(29)11-9-22;1-6-19-12-21(26-31-32-33-34(26)5)15-23(13-19)30-27(38)29-17(3)25(37)16-35(7-2)18(4)24(36)14-20-8-10-22(28)11-9-20/h8-11,14-16,19-20,23H,5-7,12-13,17-18H2,1-4H3,(H2,30,31,37);8-13,15,17-18,24-25,36-37H,6-7,14,16H2,1-5H3,(H2,29,30,38)/t19-,20+,23-;17-,18+,24+,25+/m01/s1. The molecule has 75 heavy (non-hydrogen) atoms. The molecule has 0 aliphatic carbocycles. The zero-order valence-corrected chi connectivity index (χ0v) is 44.8. The molecule has 0 spiro atoms. The number of aliphatic hydroxyl groups excluding tert-OH is 2. The summed E-state index contributed by atoms with van der Waals surface area (Å²) in [6, 6.07) is 23.1. The summed E-state index contributed by atoms with van der Waals surface area (Å²) in [5, 5.41) is 56.7. The molecule has 1 aliphatic rings. The molecule has 20 heteroatoms. The van der Waals surface area contributed by atoms with Crippen molar-refractivity contribution in [2.75, 3.05) is 43.4 Å². The smallest absolute Gasteiger partial charge is 0.319 e. The zero-order chi connectivity index (χ0) is 54.2. The lowest BCUT2D eigenvalue weighted by atomic mass is 9.90. The van der Waals surface area contributed by atoms with Crippen LogP contribution in [0.3, 0.4) is 0 Å². The summed E-state index contributed by atoms with van der Waals surface area (Å²) in [5.74, 6) is 1.60. The SMILES string of the molecule is CCc1cc(NC(=O)N[C@H](C)[C@@H](C)CN2CCC[C@@H](Cc3ccc(F)cc3)C2)cc(-c2nnnn2C)c1.CCc1cc(NC(=O)N[C@H](C)[C@@H](O)CN(CC)[C@@H](C)[C@@H](O)Cc2ccc(F)cc2)cc(-c2nnnn2C)c1. The lowest BCUT2D eigenvalue weighted by Crippen LogP contribution is -2.51. The number of likely N-dealkylation sites (tertiary alicyclic amines) is 1. The maximum absolute atomic E-state index is 13.2. The van der Waals surface area contributed by atoms with Crippen LogP contribution in [0.1, 0.15) is 83.6 Å². The summed E-state index contributed by atoms with van der Waals surface area (Å²) in [7, 11) is 3.54. The third kappa shape index (κ3) is 17.1. The average Bonchev–Trinajstić information content (AvgIpc) is 4.03. The van der Waals surface area contributed by atoms with E-state index in [-0.39, 0.29) is 42.2 Å². The monoisotopic (exact) mass is 1030 g/mol. The minimum Gasteiger partial charge on any atom is -0.391 e. The quantitative estimate of drug-likeness (QED) is 0.0415. The number of hydrogen-bond acceptors (Lipinski definition) is 12. The summed E-state index contributed by atoms with van der Waals surface area (Å²) >= 11 is 0. The molecule has 18 nitrogen and oxygen atoms in total. The highest BCUT2D eigenvalue weighted by molar-refractivity contribution is 5.91. The van der Waals surface area contributed by atoms with E-state index >= 15 is 0 Å². The van der Waals surface area contributed by atoms with Crippen LogP contribution in [0, 0.1) is 23.5 Å². The van der Waals surface area contributed by atoms with Gasteiger partial charge in [0.05, 0.1) is 18.2 Å². The summed E-state index contributed by atoms with van der Waals surface area (Å²) in [5.41, 5.74) is 7.09. The van der Waals surface area contributed by atoms with E-state index in [1.54, 1.807) is 60.7 Å². The van der Waals surface area contributed by atoms with E-state index in [0.717, 1.165) is 78.8 Å². The largest absolute Gasteiger partial charge is 0.391 e. The van der Waals surface area contributed by atoms with Gasteiger partial charge in [-0.25, -0.2) is 27.7 Å². The first kappa shape index (κ1) is 57.5. The topological polar surface area (TPSA) is 216 Å². The van der Waals surface area contributed by atoms with Crippen molar-refractivity contribution in [1.29, 1.82) is 0 Å². The number of aliphatic hydroxyl groups is 2. The number of halogens is 2. The van der Waals surface area contributed by atoms with E-state index in [0.29, 0.717) is 36.2 Å². The highest BCUT2D eigenvalue weighted by Crippen LogP contribution is 2.26. The number of hydrogen-bond donors (Lipinski definition) is 6. The van der Waals surface area contributed by atoms with Gasteiger partial charge in [-0.1, -0.05) is 52.0 Å². The van der Waals surface area contributed by atoms with Crippen molar-refractivity contribution in [2.24, 2.45) is 25.9 Å². The lowest BCUT2D eigenvalue weighted by Gasteiger charge is -2.35. The minimum atomic E-state index is -0.872. The molecule has 6 aromatic rings. The first-order valence-electron chi connectivity index (χ1n) is 26.1. The van der Waals surface area contributed by atoms with Gasteiger partial charge in [-0.3, -0.25) is 4.90 Å². The Bertz CT molecular complexity index is 2740. The fourth-order valence-electron chi connectivity index (χ4n) is 9.39. The summed E-state index contributed by atoms with van der Waals surface area (Å²) in [4.78, 5) is 30.1. The molecule has 1 saturated heterocycles. The van der Waals surface area contributed by atoms with E-state index in [9.17, 15) is 28.6 Å². The van der Waals surface area contributed by atoms with Crippen LogP contribution in [0.5, 0.6) is 0 Å². The zero-order valence-electron chi connectivity index (χ0n) is 44.8. The Labute approximate surface area is 439 Å². The van der Waals surface area contributed by atoms with Gasteiger partial charge >= 0.3 is 12.1 Å². The number of tetrazole rings is 2. The van der Waals surface area contributed by atoms with Crippen molar-refractivity contribution in [3.8, 4) is 22.8 Å². The molecule has 4 amide bonds. The maximum Gasteiger partial charge on any atom is 0.319 e. The summed E-state index contributed by atoms with van der Waals surface area (Å²) in [6.45, 7) is 17.8. The molecule has 6 N–H and O–H groups in total. The molecule has 7 atom stereocenters. The number of rotatable bonds is 21. The third-order valence-electron chi connectivity index (χ3n) is 14.1. The fraction of sp³-hybridized carbons (Fsp3) is 0.491. The molecule has 4 aromatic carbocycles. The van der Waals surface area contributed by atoms with Gasteiger partial charge in [0.1, 0.15) is 11.6 Å². The Balaban J connectivity index is 0.000000244. The number of nitrogens with zero attached hydrogens (tertiary/aromatic N) is 10. The van der Waals surface area contributed by atoms with Crippen LogP contribution < -0.4 is 21.3 Å². The first-order chi connectivity index (χ1) is 35.9. The molecule has 404 valence electrons. The van der Waals surface area contributed by atoms with Crippen LogP contribution in [0.2, 0.25) is 0 Å². The third-order valence-corrected chi connectivity index (χ3v) is 14.1. The van der Waals surface area contributed by atoms with E-state index in [4.69, 9.17) is 0 Å². The van der Waals surface area contributed by atoms with Crippen LogP contribution in [0.25, 0.3) is 22.8 Å². The number of carbonyl (C=O) groups is 2. The Hall–Kier alpha value is -6.74. The van der Waals surface area contributed by atoms with Crippen molar-refractivity contribution in [3.63, 3.8) is 0 Å². The highest BCUT2D eigenvalue weighted by Gasteiger charge is 2.27. The molecule has 0 saturated carbocycles. The molecule has 7 rings (SSSR count). The van der Waals surface area contributed by atoms with Gasteiger partial charge in [0.15, 0.2) is 11.6 Å². The van der Waals surface area contributed by atoms with Gasteiger partial charge in [0, 0.05) is 68.3 Å². The van der Waals surface area contributed by atoms with Crippen LogP contribution in [0.4, 0.5) is 29.7 Å². The molecule has 0 radical (unpaired) electrons. The number of likely N-dealkylation sites (N-methyl/N-ethyl adjacent to an activating group) is 1. The number of anilines is 2. The Kier molecular flexibility index (Phi) is 21.2.